The zero-order valence-electron chi connectivity index (χ0n) is 12.7. The van der Waals surface area contributed by atoms with E-state index < -0.39 is 0 Å². The first-order valence-electron chi connectivity index (χ1n) is 7.13. The van der Waals surface area contributed by atoms with Gasteiger partial charge in [-0.25, -0.2) is 20.8 Å². The molecule has 0 spiro atoms. The lowest BCUT2D eigenvalue weighted by Gasteiger charge is -2.15. The number of hydrogen-bond acceptors (Lipinski definition) is 7. The zero-order chi connectivity index (χ0) is 15.2. The van der Waals surface area contributed by atoms with E-state index >= 15 is 0 Å². The molecule has 1 unspecified atom stereocenters. The summed E-state index contributed by atoms with van der Waals surface area (Å²) >= 11 is 1.67. The third kappa shape index (κ3) is 3.89. The van der Waals surface area contributed by atoms with Crippen molar-refractivity contribution >= 4 is 23.0 Å². The van der Waals surface area contributed by atoms with Gasteiger partial charge in [0.05, 0.1) is 5.01 Å². The summed E-state index contributed by atoms with van der Waals surface area (Å²) in [7, 11) is 0. The lowest BCUT2D eigenvalue weighted by Crippen LogP contribution is -2.17. The van der Waals surface area contributed by atoms with Crippen LogP contribution < -0.4 is 16.6 Å². The molecule has 2 aromatic rings. The molecule has 0 radical (unpaired) electrons. The molecule has 114 valence electrons. The van der Waals surface area contributed by atoms with E-state index in [1.54, 1.807) is 11.3 Å². The van der Waals surface area contributed by atoms with Crippen LogP contribution >= 0.6 is 11.3 Å². The van der Waals surface area contributed by atoms with Crippen LogP contribution in [0.3, 0.4) is 0 Å². The van der Waals surface area contributed by atoms with Gasteiger partial charge in [-0.1, -0.05) is 13.8 Å². The molecule has 2 heterocycles. The molecule has 0 aliphatic carbocycles. The molecule has 7 heteroatoms. The molecular formula is C14H22N6S. The number of nitrogens with two attached hydrogens (primary N) is 1. The SMILES string of the molecule is CCCc1nc(NN)c(C)c(NCC(C)c2nccs2)n1. The summed E-state index contributed by atoms with van der Waals surface area (Å²) in [6.07, 6.45) is 3.68. The molecule has 0 aromatic carbocycles. The number of nitrogens with zero attached hydrogens (tertiary/aromatic N) is 3. The van der Waals surface area contributed by atoms with Gasteiger partial charge < -0.3 is 10.7 Å². The van der Waals surface area contributed by atoms with Crippen molar-refractivity contribution in [2.45, 2.75) is 39.5 Å². The maximum Gasteiger partial charge on any atom is 0.148 e. The molecule has 2 rings (SSSR count). The van der Waals surface area contributed by atoms with E-state index in [9.17, 15) is 0 Å². The van der Waals surface area contributed by atoms with Crippen LogP contribution in [-0.4, -0.2) is 21.5 Å². The molecule has 0 saturated heterocycles. The van der Waals surface area contributed by atoms with Crippen molar-refractivity contribution in [3.05, 3.63) is 28.0 Å². The Morgan fingerprint density at radius 2 is 2.10 bits per heavy atom. The quantitative estimate of drug-likeness (QED) is 0.538. The number of nitrogens with one attached hydrogen (secondary N) is 2. The van der Waals surface area contributed by atoms with Crippen LogP contribution in [0.4, 0.5) is 11.6 Å². The second-order valence-electron chi connectivity index (χ2n) is 5.01. The fourth-order valence-corrected chi connectivity index (χ4v) is 2.72. The molecule has 0 amide bonds. The Hall–Kier alpha value is -1.73. The van der Waals surface area contributed by atoms with Crippen LogP contribution in [0, 0.1) is 6.92 Å². The van der Waals surface area contributed by atoms with Gasteiger partial charge in [-0.15, -0.1) is 11.3 Å². The monoisotopic (exact) mass is 306 g/mol. The van der Waals surface area contributed by atoms with Crippen molar-refractivity contribution in [2.24, 2.45) is 5.84 Å². The summed E-state index contributed by atoms with van der Waals surface area (Å²) in [5.74, 6) is 8.20. The average molecular weight is 306 g/mol. The Labute approximate surface area is 129 Å². The Morgan fingerprint density at radius 1 is 1.33 bits per heavy atom. The second-order valence-corrected chi connectivity index (χ2v) is 5.93. The summed E-state index contributed by atoms with van der Waals surface area (Å²) < 4.78 is 0. The maximum atomic E-state index is 5.54. The summed E-state index contributed by atoms with van der Waals surface area (Å²) in [5.41, 5.74) is 3.58. The molecule has 4 N–H and O–H groups in total. The Kier molecular flexibility index (Phi) is 5.46. The number of nitrogen functional groups attached to an aromatic ring is 1. The maximum absolute atomic E-state index is 5.54. The smallest absolute Gasteiger partial charge is 0.148 e. The summed E-state index contributed by atoms with van der Waals surface area (Å²) in [6, 6.07) is 0. The Bertz CT molecular complexity index is 569. The summed E-state index contributed by atoms with van der Waals surface area (Å²) in [6.45, 7) is 7.00. The van der Waals surface area contributed by atoms with Crippen molar-refractivity contribution in [3.63, 3.8) is 0 Å². The van der Waals surface area contributed by atoms with Gasteiger partial charge in [0, 0.05) is 36.0 Å². The molecule has 1 atom stereocenters. The topological polar surface area (TPSA) is 88.8 Å². The summed E-state index contributed by atoms with van der Waals surface area (Å²) in [5, 5.41) is 6.52. The highest BCUT2D eigenvalue weighted by molar-refractivity contribution is 7.09. The fraction of sp³-hybridized carbons (Fsp3) is 0.500. The minimum Gasteiger partial charge on any atom is -0.369 e. The van der Waals surface area contributed by atoms with E-state index in [2.05, 4.69) is 39.5 Å². The van der Waals surface area contributed by atoms with E-state index in [1.165, 1.54) is 0 Å². The van der Waals surface area contributed by atoms with Gasteiger partial charge in [0.2, 0.25) is 0 Å². The van der Waals surface area contributed by atoms with Crippen molar-refractivity contribution in [1.29, 1.82) is 0 Å². The first-order chi connectivity index (χ1) is 10.2. The third-order valence-corrected chi connectivity index (χ3v) is 4.26. The van der Waals surface area contributed by atoms with Gasteiger partial charge in [0.1, 0.15) is 17.5 Å². The van der Waals surface area contributed by atoms with Crippen LogP contribution in [0.1, 0.15) is 42.6 Å². The van der Waals surface area contributed by atoms with Gasteiger partial charge in [0.15, 0.2) is 0 Å². The third-order valence-electron chi connectivity index (χ3n) is 3.25. The number of aromatic nitrogens is 3. The number of anilines is 2. The zero-order valence-corrected chi connectivity index (χ0v) is 13.5. The number of thiazole rings is 1. The van der Waals surface area contributed by atoms with Crippen LogP contribution in [0.25, 0.3) is 0 Å². The molecule has 0 saturated carbocycles. The van der Waals surface area contributed by atoms with Gasteiger partial charge in [-0.05, 0) is 13.3 Å². The van der Waals surface area contributed by atoms with Crippen LogP contribution in [0.15, 0.2) is 11.6 Å². The first kappa shape index (κ1) is 15.7. The fourth-order valence-electron chi connectivity index (χ4n) is 2.03. The lowest BCUT2D eigenvalue weighted by molar-refractivity contribution is 0.782. The van der Waals surface area contributed by atoms with Crippen LogP contribution in [0.2, 0.25) is 0 Å². The van der Waals surface area contributed by atoms with Gasteiger partial charge >= 0.3 is 0 Å². The number of rotatable bonds is 7. The van der Waals surface area contributed by atoms with E-state index in [0.717, 1.165) is 41.6 Å². The van der Waals surface area contributed by atoms with E-state index in [4.69, 9.17) is 5.84 Å². The average Bonchev–Trinajstić information content (AvgIpc) is 3.01. The Morgan fingerprint density at radius 3 is 2.71 bits per heavy atom. The molecule has 2 aromatic heterocycles. The molecule has 0 aliphatic heterocycles. The minimum absolute atomic E-state index is 0.336. The highest BCUT2D eigenvalue weighted by Crippen LogP contribution is 2.22. The van der Waals surface area contributed by atoms with Gasteiger partial charge in [-0.3, -0.25) is 0 Å². The number of aryl methyl sites for hydroxylation is 1. The molecule has 6 nitrogen and oxygen atoms in total. The predicted molar refractivity (Wildman–Crippen MR) is 87.6 cm³/mol. The molecule has 0 bridgehead atoms. The van der Waals surface area contributed by atoms with Crippen LogP contribution in [-0.2, 0) is 6.42 Å². The molecular weight excluding hydrogens is 284 g/mol. The van der Waals surface area contributed by atoms with Crippen molar-refractivity contribution in [3.8, 4) is 0 Å². The standard InChI is InChI=1S/C14H22N6S/c1-4-5-11-18-12(10(3)13(19-11)20-15)17-8-9(2)14-16-6-7-21-14/h6-7,9H,4-5,8,15H2,1-3H3,(H2,17,18,19,20). The van der Waals surface area contributed by atoms with Crippen molar-refractivity contribution in [2.75, 3.05) is 17.3 Å². The molecule has 0 aliphatic rings. The summed E-state index contributed by atoms with van der Waals surface area (Å²) in [4.78, 5) is 13.4. The van der Waals surface area contributed by atoms with E-state index in [0.29, 0.717) is 11.7 Å². The van der Waals surface area contributed by atoms with E-state index in [1.807, 2.05) is 18.5 Å². The number of hydrogen-bond donors (Lipinski definition) is 3. The van der Waals surface area contributed by atoms with Crippen LogP contribution in [0.5, 0.6) is 0 Å². The van der Waals surface area contributed by atoms with Crippen molar-refractivity contribution in [1.82, 2.24) is 15.0 Å². The minimum atomic E-state index is 0.336. The van der Waals surface area contributed by atoms with Gasteiger partial charge in [-0.2, -0.15) is 0 Å². The first-order valence-corrected chi connectivity index (χ1v) is 8.01. The highest BCUT2D eigenvalue weighted by atomic mass is 32.1. The van der Waals surface area contributed by atoms with Crippen molar-refractivity contribution < 1.29 is 0 Å². The molecule has 0 fully saturated rings. The second kappa shape index (κ2) is 7.33. The predicted octanol–water partition coefficient (Wildman–Crippen LogP) is 2.70. The lowest BCUT2D eigenvalue weighted by atomic mass is 10.2. The van der Waals surface area contributed by atoms with Gasteiger partial charge in [0.25, 0.3) is 0 Å². The van der Waals surface area contributed by atoms with E-state index in [-0.39, 0.29) is 0 Å². The Balaban J connectivity index is 2.12. The number of hydrazine groups is 1. The highest BCUT2D eigenvalue weighted by Gasteiger charge is 2.12. The largest absolute Gasteiger partial charge is 0.369 e. The normalized spacial score (nSPS) is 12.2. The molecule has 21 heavy (non-hydrogen) atoms.